The van der Waals surface area contributed by atoms with Crippen LogP contribution in [0.1, 0.15) is 50.1 Å². The zero-order valence-electron chi connectivity index (χ0n) is 12.4. The van der Waals surface area contributed by atoms with Gasteiger partial charge in [-0.05, 0) is 44.9 Å². The Morgan fingerprint density at radius 1 is 1.20 bits per heavy atom. The highest BCUT2D eigenvalue weighted by atomic mass is 19.1. The van der Waals surface area contributed by atoms with Gasteiger partial charge in [0.2, 0.25) is 0 Å². The third-order valence-corrected chi connectivity index (χ3v) is 4.01. The number of nitrogens with one attached hydrogen (secondary N) is 1. The Hall–Kier alpha value is -1.35. The van der Waals surface area contributed by atoms with Gasteiger partial charge in [0.15, 0.2) is 0 Å². The van der Waals surface area contributed by atoms with Crippen LogP contribution in [-0.2, 0) is 0 Å². The number of rotatable bonds is 4. The predicted molar refractivity (Wildman–Crippen MR) is 80.5 cm³/mol. The van der Waals surface area contributed by atoms with Crippen molar-refractivity contribution < 1.29 is 9.13 Å². The summed E-state index contributed by atoms with van der Waals surface area (Å²) >= 11 is 0. The van der Waals surface area contributed by atoms with Crippen LogP contribution in [0.5, 0.6) is 5.75 Å². The summed E-state index contributed by atoms with van der Waals surface area (Å²) in [5.74, 6) is 0.416. The summed E-state index contributed by atoms with van der Waals surface area (Å²) < 4.78 is 19.6. The molecule has 0 spiro atoms. The summed E-state index contributed by atoms with van der Waals surface area (Å²) in [5.41, 5.74) is 1.92. The second-order valence-corrected chi connectivity index (χ2v) is 5.31. The van der Waals surface area contributed by atoms with Gasteiger partial charge in [-0.2, -0.15) is 0 Å². The fourth-order valence-electron chi connectivity index (χ4n) is 2.97. The van der Waals surface area contributed by atoms with Crippen LogP contribution in [0.2, 0.25) is 0 Å². The molecule has 0 bridgehead atoms. The lowest BCUT2D eigenvalue weighted by Gasteiger charge is -2.24. The molecule has 1 aliphatic carbocycles. The van der Waals surface area contributed by atoms with Crippen LogP contribution in [0.3, 0.4) is 0 Å². The molecular weight excluding hydrogens is 253 g/mol. The van der Waals surface area contributed by atoms with Gasteiger partial charge in [-0.25, -0.2) is 4.39 Å². The number of halogens is 1. The van der Waals surface area contributed by atoms with E-state index in [1.165, 1.54) is 37.3 Å². The molecule has 0 heterocycles. The fourth-order valence-corrected chi connectivity index (χ4v) is 2.97. The van der Waals surface area contributed by atoms with Crippen molar-refractivity contribution in [1.29, 1.82) is 0 Å². The highest BCUT2D eigenvalue weighted by molar-refractivity contribution is 5.41. The van der Waals surface area contributed by atoms with Crippen molar-refractivity contribution in [2.24, 2.45) is 0 Å². The lowest BCUT2D eigenvalue weighted by molar-refractivity contribution is 0.397. The fraction of sp³-hybridized carbons (Fsp3) is 0.529. The molecular formula is C17H24FNO. The predicted octanol–water partition coefficient (Wildman–Crippen LogP) is 4.38. The second-order valence-electron chi connectivity index (χ2n) is 5.31. The molecule has 3 heteroatoms. The Balaban J connectivity index is 2.36. The molecule has 1 atom stereocenters. The van der Waals surface area contributed by atoms with Crippen LogP contribution in [0, 0.1) is 5.82 Å². The second kappa shape index (κ2) is 7.44. The van der Waals surface area contributed by atoms with E-state index in [-0.39, 0.29) is 11.9 Å². The van der Waals surface area contributed by atoms with Crippen LogP contribution in [0.4, 0.5) is 4.39 Å². The first-order valence-electron chi connectivity index (χ1n) is 7.46. The minimum Gasteiger partial charge on any atom is -0.496 e. The number of allylic oxidation sites excluding steroid dienone is 1. The summed E-state index contributed by atoms with van der Waals surface area (Å²) in [7, 11) is 3.48. The van der Waals surface area contributed by atoms with Gasteiger partial charge in [0.1, 0.15) is 11.6 Å². The van der Waals surface area contributed by atoms with E-state index in [9.17, 15) is 4.39 Å². The Bertz CT molecular complexity index is 470. The van der Waals surface area contributed by atoms with E-state index in [1.54, 1.807) is 13.2 Å². The number of hydrogen-bond donors (Lipinski definition) is 1. The van der Waals surface area contributed by atoms with Crippen molar-refractivity contribution in [2.45, 2.75) is 44.6 Å². The summed E-state index contributed by atoms with van der Waals surface area (Å²) in [6.07, 6.45) is 9.38. The monoisotopic (exact) mass is 277 g/mol. The number of methoxy groups -OCH3 is 1. The summed E-state index contributed by atoms with van der Waals surface area (Å²) in [6.45, 7) is 0. The molecule has 1 unspecified atom stereocenters. The van der Waals surface area contributed by atoms with E-state index in [2.05, 4.69) is 11.4 Å². The van der Waals surface area contributed by atoms with Gasteiger partial charge in [-0.3, -0.25) is 0 Å². The average molecular weight is 277 g/mol. The molecule has 1 aromatic rings. The maximum absolute atomic E-state index is 14.3. The zero-order valence-corrected chi connectivity index (χ0v) is 12.4. The summed E-state index contributed by atoms with van der Waals surface area (Å²) in [4.78, 5) is 0. The normalized spacial score (nSPS) is 20.4. The molecule has 0 fully saturated rings. The van der Waals surface area contributed by atoms with Gasteiger partial charge in [0.05, 0.1) is 18.7 Å². The van der Waals surface area contributed by atoms with Gasteiger partial charge >= 0.3 is 0 Å². The molecule has 0 saturated heterocycles. The van der Waals surface area contributed by atoms with Crippen LogP contribution in [-0.4, -0.2) is 14.2 Å². The van der Waals surface area contributed by atoms with E-state index < -0.39 is 0 Å². The molecule has 0 amide bonds. The van der Waals surface area contributed by atoms with Crippen molar-refractivity contribution >= 4 is 0 Å². The average Bonchev–Trinajstić information content (AvgIpc) is 2.42. The van der Waals surface area contributed by atoms with Crippen LogP contribution >= 0.6 is 0 Å². The molecule has 2 nitrogen and oxygen atoms in total. The van der Waals surface area contributed by atoms with Crippen molar-refractivity contribution in [3.63, 3.8) is 0 Å². The lowest BCUT2D eigenvalue weighted by atomic mass is 9.90. The third kappa shape index (κ3) is 3.40. The Kier molecular flexibility index (Phi) is 5.60. The van der Waals surface area contributed by atoms with Gasteiger partial charge in [-0.15, -0.1) is 0 Å². The van der Waals surface area contributed by atoms with Gasteiger partial charge in [0, 0.05) is 0 Å². The van der Waals surface area contributed by atoms with E-state index in [1.807, 2.05) is 13.1 Å². The van der Waals surface area contributed by atoms with Crippen LogP contribution < -0.4 is 10.1 Å². The van der Waals surface area contributed by atoms with Crippen LogP contribution in [0.15, 0.2) is 29.8 Å². The largest absolute Gasteiger partial charge is 0.496 e. The molecule has 1 N–H and O–H groups in total. The van der Waals surface area contributed by atoms with E-state index in [0.717, 1.165) is 12.8 Å². The third-order valence-electron chi connectivity index (χ3n) is 4.01. The zero-order chi connectivity index (χ0) is 14.4. The highest BCUT2D eigenvalue weighted by Crippen LogP contribution is 2.35. The molecule has 1 aromatic carbocycles. The molecule has 20 heavy (non-hydrogen) atoms. The van der Waals surface area contributed by atoms with Crippen LogP contribution in [0.25, 0.3) is 0 Å². The number of likely N-dealkylation sites (N-methyl/N-ethyl adjacent to an activating group) is 1. The maximum atomic E-state index is 14.3. The molecule has 0 aliphatic heterocycles. The van der Waals surface area contributed by atoms with Gasteiger partial charge in [-0.1, -0.05) is 30.6 Å². The topological polar surface area (TPSA) is 21.3 Å². The van der Waals surface area contributed by atoms with Gasteiger partial charge < -0.3 is 10.1 Å². The van der Waals surface area contributed by atoms with Crippen molar-refractivity contribution in [1.82, 2.24) is 5.32 Å². The minimum absolute atomic E-state index is 0.0933. The first-order chi connectivity index (χ1) is 9.77. The van der Waals surface area contributed by atoms with Crippen molar-refractivity contribution in [3.8, 4) is 5.75 Å². The number of ether oxygens (including phenoxy) is 1. The van der Waals surface area contributed by atoms with E-state index in [4.69, 9.17) is 4.74 Å². The first-order valence-corrected chi connectivity index (χ1v) is 7.46. The summed E-state index contributed by atoms with van der Waals surface area (Å²) in [5, 5.41) is 3.26. The summed E-state index contributed by atoms with van der Waals surface area (Å²) in [6, 6.07) is 4.93. The Morgan fingerprint density at radius 2 is 2.00 bits per heavy atom. The number of hydrogen-bond acceptors (Lipinski definition) is 2. The quantitative estimate of drug-likeness (QED) is 0.825. The smallest absolute Gasteiger partial charge is 0.132 e. The highest BCUT2D eigenvalue weighted by Gasteiger charge is 2.22. The van der Waals surface area contributed by atoms with Gasteiger partial charge in [0.25, 0.3) is 0 Å². The lowest BCUT2D eigenvalue weighted by Crippen LogP contribution is -2.21. The van der Waals surface area contributed by atoms with E-state index in [0.29, 0.717) is 11.3 Å². The Morgan fingerprint density at radius 3 is 2.75 bits per heavy atom. The SMILES string of the molecule is CNC(/C1=C/CCCCCC1)c1c(F)cccc1OC. The van der Waals surface area contributed by atoms with E-state index >= 15 is 0 Å². The molecule has 1 aliphatic rings. The molecule has 0 radical (unpaired) electrons. The molecule has 0 aromatic heterocycles. The first kappa shape index (κ1) is 15.0. The Labute approximate surface area is 121 Å². The molecule has 110 valence electrons. The minimum atomic E-state index is -0.202. The van der Waals surface area contributed by atoms with Crippen molar-refractivity contribution in [2.75, 3.05) is 14.2 Å². The molecule has 0 saturated carbocycles. The molecule has 2 rings (SSSR count). The van der Waals surface area contributed by atoms with Crippen molar-refractivity contribution in [3.05, 3.63) is 41.2 Å². The number of benzene rings is 1. The maximum Gasteiger partial charge on any atom is 0.132 e. The standard InChI is InChI=1S/C17H24FNO/c1-19-17(13-9-6-4-3-5-7-10-13)16-14(18)11-8-12-15(16)20-2/h8-9,11-12,17,19H,3-7,10H2,1-2H3/b13-9+.